The first-order valence-electron chi connectivity index (χ1n) is 13.0. The molecule has 38 heavy (non-hydrogen) atoms. The molecule has 3 aromatic carbocycles. The molecule has 3 rings (SSSR count). The van der Waals surface area contributed by atoms with Crippen molar-refractivity contribution < 1.29 is 19.1 Å². The van der Waals surface area contributed by atoms with Crippen LogP contribution < -0.4 is 14.8 Å². The fourth-order valence-electron chi connectivity index (χ4n) is 4.28. The predicted octanol–water partition coefficient (Wildman–Crippen LogP) is 5.85. The van der Waals surface area contributed by atoms with Gasteiger partial charge in [0.2, 0.25) is 11.8 Å². The second kappa shape index (κ2) is 15.0. The molecule has 0 unspecified atom stereocenters. The first-order chi connectivity index (χ1) is 18.4. The van der Waals surface area contributed by atoms with Crippen molar-refractivity contribution in [2.75, 3.05) is 20.8 Å². The van der Waals surface area contributed by atoms with Crippen molar-refractivity contribution in [3.8, 4) is 11.5 Å². The highest BCUT2D eigenvalue weighted by molar-refractivity contribution is 6.30. The Balaban J connectivity index is 1.88. The molecule has 2 amide bonds. The molecule has 0 heterocycles. The van der Waals surface area contributed by atoms with E-state index in [-0.39, 0.29) is 18.2 Å². The Kier molecular flexibility index (Phi) is 11.5. The number of hydrogen-bond acceptors (Lipinski definition) is 4. The molecular weight excluding hydrogens is 500 g/mol. The Bertz CT molecular complexity index is 1170. The SMILES string of the molecule is CCCCNC(=O)[C@H](Cc1ccccc1)N(Cc1ccc(Cl)cc1)C(=O)CCc1ccc(OC)c(OC)c1. The molecule has 0 radical (unpaired) electrons. The number of rotatable bonds is 14. The smallest absolute Gasteiger partial charge is 0.243 e. The number of carbonyl (C=O) groups is 2. The van der Waals surface area contributed by atoms with Gasteiger partial charge in [0.1, 0.15) is 6.04 Å². The molecule has 0 saturated heterocycles. The number of methoxy groups -OCH3 is 2. The van der Waals surface area contributed by atoms with Crippen molar-refractivity contribution in [2.45, 2.75) is 51.6 Å². The van der Waals surface area contributed by atoms with Gasteiger partial charge < -0.3 is 19.7 Å². The molecule has 202 valence electrons. The number of amides is 2. The molecule has 1 N–H and O–H groups in total. The van der Waals surface area contributed by atoms with Gasteiger partial charge in [-0.2, -0.15) is 0 Å². The van der Waals surface area contributed by atoms with E-state index in [1.165, 1.54) is 0 Å². The number of aryl methyl sites for hydroxylation is 1. The molecule has 0 aromatic heterocycles. The number of benzene rings is 3. The third kappa shape index (κ3) is 8.52. The molecule has 0 aliphatic rings. The summed E-state index contributed by atoms with van der Waals surface area (Å²) in [7, 11) is 3.18. The van der Waals surface area contributed by atoms with Crippen LogP contribution in [0.5, 0.6) is 11.5 Å². The minimum atomic E-state index is -0.650. The van der Waals surface area contributed by atoms with Gasteiger partial charge in [0, 0.05) is 31.0 Å². The van der Waals surface area contributed by atoms with Crippen LogP contribution in [0.4, 0.5) is 0 Å². The van der Waals surface area contributed by atoms with Crippen LogP contribution in [0.25, 0.3) is 0 Å². The molecule has 0 saturated carbocycles. The fourth-order valence-corrected chi connectivity index (χ4v) is 4.40. The van der Waals surface area contributed by atoms with Crippen molar-refractivity contribution >= 4 is 23.4 Å². The lowest BCUT2D eigenvalue weighted by Crippen LogP contribution is -2.50. The Labute approximate surface area is 230 Å². The monoisotopic (exact) mass is 536 g/mol. The van der Waals surface area contributed by atoms with Crippen LogP contribution in [-0.2, 0) is 29.0 Å². The van der Waals surface area contributed by atoms with Crippen molar-refractivity contribution in [1.29, 1.82) is 0 Å². The first kappa shape index (κ1) is 29.1. The van der Waals surface area contributed by atoms with Crippen molar-refractivity contribution in [1.82, 2.24) is 10.2 Å². The summed E-state index contributed by atoms with van der Waals surface area (Å²) in [4.78, 5) is 29.0. The number of unbranched alkanes of at least 4 members (excludes halogenated alkanes) is 1. The molecule has 0 fully saturated rings. The van der Waals surface area contributed by atoms with Gasteiger partial charge >= 0.3 is 0 Å². The zero-order chi connectivity index (χ0) is 27.3. The number of nitrogens with zero attached hydrogens (tertiary/aromatic N) is 1. The van der Waals surface area contributed by atoms with Gasteiger partial charge in [-0.3, -0.25) is 9.59 Å². The average Bonchev–Trinajstić information content (AvgIpc) is 2.95. The molecule has 1 atom stereocenters. The second-order valence-electron chi connectivity index (χ2n) is 9.19. The van der Waals surface area contributed by atoms with Gasteiger partial charge in [0.25, 0.3) is 0 Å². The van der Waals surface area contributed by atoms with Crippen molar-refractivity contribution in [2.24, 2.45) is 0 Å². The Morgan fingerprint density at radius 3 is 2.24 bits per heavy atom. The number of nitrogens with one attached hydrogen (secondary N) is 1. The van der Waals surface area contributed by atoms with E-state index in [2.05, 4.69) is 12.2 Å². The van der Waals surface area contributed by atoms with Crippen LogP contribution in [0, 0.1) is 0 Å². The van der Waals surface area contributed by atoms with Crippen LogP contribution in [-0.4, -0.2) is 43.5 Å². The average molecular weight is 537 g/mol. The summed E-state index contributed by atoms with van der Waals surface area (Å²) >= 11 is 6.10. The van der Waals surface area contributed by atoms with E-state index in [4.69, 9.17) is 21.1 Å². The lowest BCUT2D eigenvalue weighted by molar-refractivity contribution is -0.141. The summed E-state index contributed by atoms with van der Waals surface area (Å²) in [5, 5.41) is 3.67. The topological polar surface area (TPSA) is 67.9 Å². The summed E-state index contributed by atoms with van der Waals surface area (Å²) < 4.78 is 10.7. The lowest BCUT2D eigenvalue weighted by Gasteiger charge is -2.32. The van der Waals surface area contributed by atoms with Crippen molar-refractivity contribution in [3.05, 3.63) is 94.5 Å². The lowest BCUT2D eigenvalue weighted by atomic mass is 10.0. The Morgan fingerprint density at radius 1 is 0.895 bits per heavy atom. The predicted molar refractivity (Wildman–Crippen MR) is 152 cm³/mol. The summed E-state index contributed by atoms with van der Waals surface area (Å²) in [6.45, 7) is 2.97. The van der Waals surface area contributed by atoms with E-state index in [0.717, 1.165) is 29.5 Å². The molecule has 6 nitrogen and oxygen atoms in total. The van der Waals surface area contributed by atoms with E-state index in [9.17, 15) is 9.59 Å². The normalized spacial score (nSPS) is 11.5. The summed E-state index contributed by atoms with van der Waals surface area (Å²) in [5.41, 5.74) is 2.86. The Hall–Kier alpha value is -3.51. The minimum Gasteiger partial charge on any atom is -0.493 e. The van der Waals surface area contributed by atoms with E-state index < -0.39 is 6.04 Å². The molecule has 0 bridgehead atoms. The van der Waals surface area contributed by atoms with E-state index in [1.807, 2.05) is 60.7 Å². The van der Waals surface area contributed by atoms with E-state index in [1.54, 1.807) is 31.3 Å². The highest BCUT2D eigenvalue weighted by Crippen LogP contribution is 2.28. The zero-order valence-electron chi connectivity index (χ0n) is 22.4. The molecule has 7 heteroatoms. The minimum absolute atomic E-state index is 0.0960. The summed E-state index contributed by atoms with van der Waals surface area (Å²) in [6, 6.07) is 22.2. The molecule has 0 aliphatic carbocycles. The molecule has 3 aromatic rings. The highest BCUT2D eigenvalue weighted by atomic mass is 35.5. The Morgan fingerprint density at radius 2 is 1.58 bits per heavy atom. The molecular formula is C31H37ClN2O4. The van der Waals surface area contributed by atoms with Gasteiger partial charge in [0.05, 0.1) is 14.2 Å². The second-order valence-corrected chi connectivity index (χ2v) is 9.62. The highest BCUT2D eigenvalue weighted by Gasteiger charge is 2.30. The largest absolute Gasteiger partial charge is 0.493 e. The number of halogens is 1. The molecule has 0 aliphatic heterocycles. The standard InChI is InChI=1S/C31H37ClN2O4/c1-4-5-19-33-31(36)27(20-23-9-7-6-8-10-23)34(22-25-11-15-26(32)16-12-25)30(35)18-14-24-13-17-28(37-2)29(21-24)38-3/h6-13,15-17,21,27H,4-5,14,18-20,22H2,1-3H3,(H,33,36)/t27-/m0/s1. The third-order valence-corrected chi connectivity index (χ3v) is 6.69. The van der Waals surface area contributed by atoms with Crippen LogP contribution in [0.15, 0.2) is 72.8 Å². The summed E-state index contributed by atoms with van der Waals surface area (Å²) in [5.74, 6) is 1.02. The summed E-state index contributed by atoms with van der Waals surface area (Å²) in [6.07, 6.45) is 3.04. The van der Waals surface area contributed by atoms with Crippen LogP contribution in [0.3, 0.4) is 0 Å². The first-order valence-corrected chi connectivity index (χ1v) is 13.4. The quantitative estimate of drug-likeness (QED) is 0.263. The maximum Gasteiger partial charge on any atom is 0.243 e. The van der Waals surface area contributed by atoms with Gasteiger partial charge in [-0.1, -0.05) is 73.5 Å². The van der Waals surface area contributed by atoms with E-state index >= 15 is 0 Å². The zero-order valence-corrected chi connectivity index (χ0v) is 23.2. The van der Waals surface area contributed by atoms with Crippen LogP contribution in [0.2, 0.25) is 5.02 Å². The third-order valence-electron chi connectivity index (χ3n) is 6.44. The number of hydrogen-bond donors (Lipinski definition) is 1. The van der Waals surface area contributed by atoms with E-state index in [0.29, 0.717) is 42.5 Å². The van der Waals surface area contributed by atoms with Gasteiger partial charge in [0.15, 0.2) is 11.5 Å². The molecule has 0 spiro atoms. The van der Waals surface area contributed by atoms with Crippen molar-refractivity contribution in [3.63, 3.8) is 0 Å². The van der Waals surface area contributed by atoms with Gasteiger partial charge in [-0.25, -0.2) is 0 Å². The van der Waals surface area contributed by atoms with Crippen LogP contribution in [0.1, 0.15) is 42.9 Å². The van der Waals surface area contributed by atoms with Crippen LogP contribution >= 0.6 is 11.6 Å². The number of ether oxygens (including phenoxy) is 2. The maximum atomic E-state index is 13.8. The maximum absolute atomic E-state index is 13.8. The fraction of sp³-hybridized carbons (Fsp3) is 0.355. The van der Waals surface area contributed by atoms with Gasteiger partial charge in [-0.05, 0) is 53.8 Å². The number of carbonyl (C=O) groups excluding carboxylic acids is 2. The van der Waals surface area contributed by atoms with Gasteiger partial charge in [-0.15, -0.1) is 0 Å².